The van der Waals surface area contributed by atoms with Gasteiger partial charge in [-0.1, -0.05) is 12.5 Å². The van der Waals surface area contributed by atoms with Crippen molar-refractivity contribution in [3.63, 3.8) is 0 Å². The van der Waals surface area contributed by atoms with E-state index in [1.54, 1.807) is 0 Å². The Balaban J connectivity index is 1.65. The standard InChI is InChI=1S/C23H32O5/c1-14(24)27-13-23-11-8-17(26)12-16(23)4-5-18-19-6-7-21(28-15(2)25)22(19,3)10-9-20(18)23/h12,18-21H,4-11,13H2,1-3H3/t18-,19-,20-,21-,22-,23+/m0/s1. The minimum absolute atomic E-state index is 0.0187. The molecule has 0 amide bonds. The van der Waals surface area contributed by atoms with Gasteiger partial charge >= 0.3 is 11.9 Å². The van der Waals surface area contributed by atoms with Crippen molar-refractivity contribution in [1.82, 2.24) is 0 Å². The lowest BCUT2D eigenvalue weighted by molar-refractivity contribution is -0.159. The fourth-order valence-electron chi connectivity index (χ4n) is 7.21. The van der Waals surface area contributed by atoms with Crippen molar-refractivity contribution in [3.8, 4) is 0 Å². The van der Waals surface area contributed by atoms with Crippen LogP contribution in [0.1, 0.15) is 72.1 Å². The van der Waals surface area contributed by atoms with Gasteiger partial charge in [-0.05, 0) is 68.8 Å². The monoisotopic (exact) mass is 388 g/mol. The van der Waals surface area contributed by atoms with Crippen LogP contribution in [0.25, 0.3) is 0 Å². The number of esters is 2. The van der Waals surface area contributed by atoms with Crippen molar-refractivity contribution in [2.24, 2.45) is 28.6 Å². The third kappa shape index (κ3) is 3.02. The van der Waals surface area contributed by atoms with Gasteiger partial charge in [-0.25, -0.2) is 0 Å². The van der Waals surface area contributed by atoms with Crippen LogP contribution < -0.4 is 0 Å². The minimum Gasteiger partial charge on any atom is -0.465 e. The predicted molar refractivity (Wildman–Crippen MR) is 103 cm³/mol. The quantitative estimate of drug-likeness (QED) is 0.684. The van der Waals surface area contributed by atoms with Crippen LogP contribution in [-0.2, 0) is 23.9 Å². The highest BCUT2D eigenvalue weighted by Crippen LogP contribution is 2.65. The molecule has 0 aromatic carbocycles. The Kier molecular flexibility index (Phi) is 4.91. The van der Waals surface area contributed by atoms with Crippen molar-refractivity contribution in [1.29, 1.82) is 0 Å². The van der Waals surface area contributed by atoms with E-state index in [1.807, 2.05) is 6.08 Å². The van der Waals surface area contributed by atoms with Gasteiger partial charge in [0.15, 0.2) is 5.78 Å². The second-order valence-electron chi connectivity index (χ2n) is 9.71. The first-order valence-electron chi connectivity index (χ1n) is 10.8. The van der Waals surface area contributed by atoms with Crippen LogP contribution >= 0.6 is 0 Å². The maximum Gasteiger partial charge on any atom is 0.302 e. The number of fused-ring (bicyclic) bond motifs is 5. The first-order valence-corrected chi connectivity index (χ1v) is 10.8. The Morgan fingerprint density at radius 2 is 1.82 bits per heavy atom. The van der Waals surface area contributed by atoms with E-state index >= 15 is 0 Å². The van der Waals surface area contributed by atoms with Gasteiger partial charge < -0.3 is 9.47 Å². The van der Waals surface area contributed by atoms with Crippen molar-refractivity contribution in [2.45, 2.75) is 78.2 Å². The summed E-state index contributed by atoms with van der Waals surface area (Å²) in [5.41, 5.74) is 1.08. The molecular weight excluding hydrogens is 356 g/mol. The molecule has 4 rings (SSSR count). The van der Waals surface area contributed by atoms with Crippen LogP contribution in [0.15, 0.2) is 11.6 Å². The van der Waals surface area contributed by atoms with Crippen molar-refractivity contribution >= 4 is 17.7 Å². The molecule has 3 fully saturated rings. The maximum atomic E-state index is 12.1. The number of carbonyl (C=O) groups excluding carboxylic acids is 3. The molecule has 0 unspecified atom stereocenters. The Bertz CT molecular complexity index is 725. The van der Waals surface area contributed by atoms with E-state index in [-0.39, 0.29) is 34.7 Å². The number of ether oxygens (including phenoxy) is 2. The Hall–Kier alpha value is -1.65. The SMILES string of the molecule is CC(=O)OC[C@]12CCC(=O)C=C1CC[C@@H]1[C@@H]2CC[C@]2(C)[C@@H](OC(C)=O)CC[C@@H]12. The second kappa shape index (κ2) is 7.00. The summed E-state index contributed by atoms with van der Waals surface area (Å²) in [6.45, 7) is 5.68. The van der Waals surface area contributed by atoms with Gasteiger partial charge in [-0.15, -0.1) is 0 Å². The average Bonchev–Trinajstić information content (AvgIpc) is 2.96. The molecule has 3 saturated carbocycles. The van der Waals surface area contributed by atoms with Crippen LogP contribution in [-0.4, -0.2) is 30.4 Å². The Morgan fingerprint density at radius 1 is 1.04 bits per heavy atom. The molecule has 0 radical (unpaired) electrons. The third-order valence-corrected chi connectivity index (χ3v) is 8.44. The molecule has 0 heterocycles. The van der Waals surface area contributed by atoms with E-state index in [0.717, 1.165) is 44.9 Å². The molecule has 5 nitrogen and oxygen atoms in total. The van der Waals surface area contributed by atoms with Gasteiger partial charge in [0, 0.05) is 31.1 Å². The zero-order chi connectivity index (χ0) is 20.1. The van der Waals surface area contributed by atoms with Crippen LogP contribution in [0, 0.1) is 28.6 Å². The lowest BCUT2D eigenvalue weighted by Crippen LogP contribution is -2.54. The second-order valence-corrected chi connectivity index (χ2v) is 9.71. The summed E-state index contributed by atoms with van der Waals surface area (Å²) >= 11 is 0. The van der Waals surface area contributed by atoms with E-state index in [4.69, 9.17) is 9.47 Å². The minimum atomic E-state index is -0.246. The summed E-state index contributed by atoms with van der Waals surface area (Å²) in [6.07, 6.45) is 9.33. The average molecular weight is 389 g/mol. The molecule has 4 aliphatic carbocycles. The normalized spacial score (nSPS) is 42.0. The number of hydrogen-bond acceptors (Lipinski definition) is 5. The fraction of sp³-hybridized carbons (Fsp3) is 0.783. The summed E-state index contributed by atoms with van der Waals surface area (Å²) in [7, 11) is 0. The van der Waals surface area contributed by atoms with Crippen molar-refractivity contribution < 1.29 is 23.9 Å². The molecule has 4 aliphatic rings. The molecule has 154 valence electrons. The van der Waals surface area contributed by atoms with E-state index in [1.165, 1.54) is 19.4 Å². The van der Waals surface area contributed by atoms with Crippen molar-refractivity contribution in [2.75, 3.05) is 6.61 Å². The highest BCUT2D eigenvalue weighted by molar-refractivity contribution is 5.91. The van der Waals surface area contributed by atoms with Crippen molar-refractivity contribution in [3.05, 3.63) is 11.6 Å². The third-order valence-electron chi connectivity index (χ3n) is 8.44. The molecule has 0 spiro atoms. The first-order chi connectivity index (χ1) is 13.3. The van der Waals surface area contributed by atoms with E-state index in [9.17, 15) is 14.4 Å². The van der Waals surface area contributed by atoms with Gasteiger partial charge in [0.2, 0.25) is 0 Å². The summed E-state index contributed by atoms with van der Waals surface area (Å²) in [5, 5.41) is 0. The summed E-state index contributed by atoms with van der Waals surface area (Å²) < 4.78 is 11.3. The number of rotatable bonds is 3. The smallest absolute Gasteiger partial charge is 0.302 e. The summed E-state index contributed by atoms with van der Waals surface area (Å²) in [4.78, 5) is 35.3. The molecule has 5 heteroatoms. The molecule has 0 aromatic heterocycles. The number of carbonyl (C=O) groups is 3. The first kappa shape index (κ1) is 19.7. The molecular formula is C23H32O5. The van der Waals surface area contributed by atoms with Gasteiger partial charge in [0.1, 0.15) is 12.7 Å². The van der Waals surface area contributed by atoms with Gasteiger partial charge in [-0.3, -0.25) is 14.4 Å². The predicted octanol–water partition coefficient (Wildman–Crippen LogP) is 3.99. The number of hydrogen-bond donors (Lipinski definition) is 0. The summed E-state index contributed by atoms with van der Waals surface area (Å²) in [6, 6.07) is 0. The lowest BCUT2D eigenvalue weighted by Gasteiger charge is -2.58. The van der Waals surface area contributed by atoms with E-state index < -0.39 is 0 Å². The zero-order valence-corrected chi connectivity index (χ0v) is 17.3. The van der Waals surface area contributed by atoms with Crippen LogP contribution in [0.2, 0.25) is 0 Å². The number of ketones is 1. The van der Waals surface area contributed by atoms with Gasteiger partial charge in [-0.2, -0.15) is 0 Å². The van der Waals surface area contributed by atoms with Crippen LogP contribution in [0.4, 0.5) is 0 Å². The Labute approximate surface area is 167 Å². The molecule has 0 saturated heterocycles. The van der Waals surface area contributed by atoms with E-state index in [0.29, 0.717) is 30.8 Å². The fourth-order valence-corrected chi connectivity index (χ4v) is 7.21. The van der Waals surface area contributed by atoms with Gasteiger partial charge in [0.25, 0.3) is 0 Å². The maximum absolute atomic E-state index is 12.1. The largest absolute Gasteiger partial charge is 0.465 e. The lowest BCUT2D eigenvalue weighted by atomic mass is 9.47. The summed E-state index contributed by atoms with van der Waals surface area (Å²) in [5.74, 6) is 1.30. The Morgan fingerprint density at radius 3 is 2.54 bits per heavy atom. The highest BCUT2D eigenvalue weighted by atomic mass is 16.5. The molecule has 6 atom stereocenters. The molecule has 0 aromatic rings. The molecule has 0 N–H and O–H groups in total. The molecule has 0 bridgehead atoms. The van der Waals surface area contributed by atoms with E-state index in [2.05, 4.69) is 6.92 Å². The molecule has 0 aliphatic heterocycles. The van der Waals surface area contributed by atoms with Crippen LogP contribution in [0.5, 0.6) is 0 Å². The van der Waals surface area contributed by atoms with Gasteiger partial charge in [0.05, 0.1) is 0 Å². The zero-order valence-electron chi connectivity index (χ0n) is 17.3. The topological polar surface area (TPSA) is 69.7 Å². The highest BCUT2D eigenvalue weighted by Gasteiger charge is 2.61. The molecule has 28 heavy (non-hydrogen) atoms. The van der Waals surface area contributed by atoms with Crippen LogP contribution in [0.3, 0.4) is 0 Å².